The number of quaternary nitrogens is 1. The summed E-state index contributed by atoms with van der Waals surface area (Å²) in [4.78, 5) is 28.1. The number of fused-ring (bicyclic) bond motifs is 1. The lowest BCUT2D eigenvalue weighted by molar-refractivity contribution is -0.130. The van der Waals surface area contributed by atoms with Crippen molar-refractivity contribution in [2.75, 3.05) is 20.1 Å². The van der Waals surface area contributed by atoms with E-state index in [1.807, 2.05) is 97.1 Å². The average Bonchev–Trinajstić information content (AvgIpc) is 3.30. The second kappa shape index (κ2) is 12.0. The van der Waals surface area contributed by atoms with E-state index in [-0.39, 0.29) is 12.5 Å². The van der Waals surface area contributed by atoms with Gasteiger partial charge in [-0.05, 0) is 29.2 Å². The molecule has 2 amide bonds. The number of carbonyl (C=O) groups excluding carboxylic acids is 1. The second-order valence-corrected chi connectivity index (χ2v) is 10.1. The minimum atomic E-state index is -1.10. The highest BCUT2D eigenvalue weighted by molar-refractivity contribution is 6.00. The van der Waals surface area contributed by atoms with Gasteiger partial charge in [0.05, 0.1) is 5.56 Å². The van der Waals surface area contributed by atoms with Crippen LogP contribution in [0.25, 0.3) is 5.57 Å². The lowest BCUT2D eigenvalue weighted by Gasteiger charge is -2.28. The molecule has 5 rings (SSSR count). The first kappa shape index (κ1) is 26.9. The molecule has 1 N–H and O–H groups in total. The molecule has 0 radical (unpaired) electrons. The van der Waals surface area contributed by atoms with Crippen LogP contribution in [0, 0.1) is 0 Å². The quantitative estimate of drug-likeness (QED) is 0.235. The maximum absolute atomic E-state index is 13.5. The van der Waals surface area contributed by atoms with Gasteiger partial charge in [-0.1, -0.05) is 97.1 Å². The number of ether oxygens (including phenoxy) is 1. The molecule has 0 fully saturated rings. The van der Waals surface area contributed by atoms with E-state index in [1.54, 1.807) is 30.3 Å². The summed E-state index contributed by atoms with van der Waals surface area (Å²) in [6.45, 7) is 0.619. The fourth-order valence-electron chi connectivity index (χ4n) is 5.14. The van der Waals surface area contributed by atoms with Crippen molar-refractivity contribution in [1.82, 2.24) is 9.38 Å². The molecular weight excluding hydrogens is 500 g/mol. The number of amides is 2. The summed E-state index contributed by atoms with van der Waals surface area (Å²) in [6.07, 6.45) is 1.83. The number of carboxylic acid groups (broad SMARTS) is 1. The number of hydrogen-bond acceptors (Lipinski definition) is 3. The van der Waals surface area contributed by atoms with E-state index >= 15 is 0 Å². The Hall–Kier alpha value is -4.68. The van der Waals surface area contributed by atoms with Crippen molar-refractivity contribution >= 4 is 23.3 Å². The van der Waals surface area contributed by atoms with Crippen molar-refractivity contribution < 1.29 is 19.4 Å². The molecule has 0 spiro atoms. The van der Waals surface area contributed by atoms with Crippen LogP contribution < -0.4 is 9.22 Å². The van der Waals surface area contributed by atoms with Crippen molar-refractivity contribution in [1.29, 1.82) is 0 Å². The molecule has 1 heterocycles. The van der Waals surface area contributed by atoms with Gasteiger partial charge in [0.2, 0.25) is 0 Å². The summed E-state index contributed by atoms with van der Waals surface area (Å²) in [5.74, 6) is 0.367. The predicted molar refractivity (Wildman–Crippen MR) is 158 cm³/mol. The Morgan fingerprint density at radius 2 is 1.38 bits per heavy atom. The Morgan fingerprint density at radius 3 is 2.00 bits per heavy atom. The van der Waals surface area contributed by atoms with Crippen molar-refractivity contribution in [2.45, 2.75) is 19.4 Å². The monoisotopic (exact) mass is 533 g/mol. The maximum Gasteiger partial charge on any atom is 0.523 e. The molecule has 0 bridgehead atoms. The molecule has 0 saturated carbocycles. The van der Waals surface area contributed by atoms with E-state index < -0.39 is 10.6 Å². The Morgan fingerprint density at radius 1 is 0.775 bits per heavy atom. The molecule has 40 heavy (non-hydrogen) atoms. The first-order valence-electron chi connectivity index (χ1n) is 13.4. The van der Waals surface area contributed by atoms with Crippen molar-refractivity contribution in [3.63, 3.8) is 0 Å². The van der Waals surface area contributed by atoms with Gasteiger partial charge >= 0.3 is 6.09 Å². The van der Waals surface area contributed by atoms with Gasteiger partial charge in [0.15, 0.2) is 12.2 Å². The Kier molecular flexibility index (Phi) is 8.08. The molecule has 1 aliphatic rings. The number of nitrogens with zero attached hydrogens (tertiary/aromatic N) is 2. The van der Waals surface area contributed by atoms with Crippen LogP contribution in [0.3, 0.4) is 0 Å². The lowest BCUT2D eigenvalue weighted by Crippen LogP contribution is -2.53. The number of carbonyl (C=O) groups is 2. The van der Waals surface area contributed by atoms with E-state index in [2.05, 4.69) is 0 Å². The Balaban J connectivity index is 1.47. The molecule has 0 aliphatic carbocycles. The summed E-state index contributed by atoms with van der Waals surface area (Å²) in [5, 5.41) is 10.6. The smallest absolute Gasteiger partial charge is 0.488 e. The third-order valence-electron chi connectivity index (χ3n) is 7.34. The predicted octanol–water partition coefficient (Wildman–Crippen LogP) is 6.55. The van der Waals surface area contributed by atoms with Crippen molar-refractivity contribution in [3.8, 4) is 5.75 Å². The first-order chi connectivity index (χ1) is 19.5. The number of benzene rings is 4. The van der Waals surface area contributed by atoms with E-state index in [4.69, 9.17) is 4.74 Å². The van der Waals surface area contributed by atoms with Crippen LogP contribution in [0.4, 0.5) is 10.5 Å². The SMILES string of the molecule is CN(CCc1ccccc1)C(=O)C[N+]1(C(=O)O)C=C(Cc2ccccc2)c2c(OCc3ccccc3)cccc21. The zero-order valence-electron chi connectivity index (χ0n) is 22.6. The van der Waals surface area contributed by atoms with Gasteiger partial charge in [-0.25, -0.2) is 0 Å². The highest BCUT2D eigenvalue weighted by Gasteiger charge is 2.49. The Bertz CT molecular complexity index is 1500. The summed E-state index contributed by atoms with van der Waals surface area (Å²) < 4.78 is 5.67. The van der Waals surface area contributed by atoms with Gasteiger partial charge in [-0.3, -0.25) is 4.79 Å². The highest BCUT2D eigenvalue weighted by atomic mass is 16.5. The summed E-state index contributed by atoms with van der Waals surface area (Å²) in [6, 6.07) is 35.2. The summed E-state index contributed by atoms with van der Waals surface area (Å²) >= 11 is 0. The van der Waals surface area contributed by atoms with E-state index in [0.717, 1.165) is 27.8 Å². The zero-order valence-corrected chi connectivity index (χ0v) is 22.6. The molecule has 202 valence electrons. The van der Waals surface area contributed by atoms with E-state index in [0.29, 0.717) is 37.4 Å². The number of allylic oxidation sites excluding steroid dienone is 1. The van der Waals surface area contributed by atoms with Crippen LogP contribution in [0.5, 0.6) is 5.75 Å². The number of likely N-dealkylation sites (N-methyl/N-ethyl adjacent to an activating group) is 1. The molecule has 0 saturated heterocycles. The van der Waals surface area contributed by atoms with Crippen LogP contribution in [-0.4, -0.2) is 42.1 Å². The van der Waals surface area contributed by atoms with Gasteiger partial charge in [-0.2, -0.15) is 9.28 Å². The molecule has 4 aromatic carbocycles. The molecule has 1 aliphatic heterocycles. The first-order valence-corrected chi connectivity index (χ1v) is 13.4. The Labute approximate surface area is 235 Å². The third kappa shape index (κ3) is 5.82. The maximum atomic E-state index is 13.5. The minimum absolute atomic E-state index is 0.228. The number of rotatable bonds is 10. The van der Waals surface area contributed by atoms with Crippen LogP contribution in [-0.2, 0) is 24.2 Å². The van der Waals surface area contributed by atoms with Gasteiger partial charge < -0.3 is 14.7 Å². The van der Waals surface area contributed by atoms with Crippen molar-refractivity contribution in [3.05, 3.63) is 138 Å². The molecule has 4 aromatic rings. The molecule has 1 unspecified atom stereocenters. The van der Waals surface area contributed by atoms with Crippen LogP contribution in [0.1, 0.15) is 22.3 Å². The lowest BCUT2D eigenvalue weighted by atomic mass is 9.99. The largest absolute Gasteiger partial charge is 0.523 e. The molecule has 6 heteroatoms. The summed E-state index contributed by atoms with van der Waals surface area (Å²) in [5.41, 5.74) is 5.29. The average molecular weight is 534 g/mol. The molecule has 6 nitrogen and oxygen atoms in total. The molecular formula is C34H33N2O4+. The van der Waals surface area contributed by atoms with Crippen LogP contribution in [0.2, 0.25) is 0 Å². The van der Waals surface area contributed by atoms with E-state index in [1.165, 1.54) is 0 Å². The third-order valence-corrected chi connectivity index (χ3v) is 7.34. The molecule has 0 aromatic heterocycles. The van der Waals surface area contributed by atoms with Gasteiger partial charge in [0.25, 0.3) is 5.91 Å². The highest BCUT2D eigenvalue weighted by Crippen LogP contribution is 2.47. The second-order valence-electron chi connectivity index (χ2n) is 10.1. The van der Waals surface area contributed by atoms with Gasteiger partial charge in [0, 0.05) is 31.7 Å². The molecule has 1 atom stereocenters. The van der Waals surface area contributed by atoms with E-state index in [9.17, 15) is 14.7 Å². The fourth-order valence-corrected chi connectivity index (χ4v) is 5.14. The van der Waals surface area contributed by atoms with Gasteiger partial charge in [0.1, 0.15) is 18.6 Å². The topological polar surface area (TPSA) is 66.8 Å². The standard InChI is InChI=1S/C34H32N2O4/c1-35(21-20-26-12-5-2-6-13-26)32(37)24-36(34(38)39)23-29(22-27-14-7-3-8-15-27)33-30(36)18-11-19-31(33)40-25-28-16-9-4-10-17-28/h2-19,23H,20-22,24-25H2,1H3/p+1. The van der Waals surface area contributed by atoms with Crippen molar-refractivity contribution in [2.24, 2.45) is 0 Å². The fraction of sp³-hybridized carbons (Fsp3) is 0.176. The van der Waals surface area contributed by atoms with Gasteiger partial charge in [-0.15, -0.1) is 0 Å². The number of hydrogen-bond donors (Lipinski definition) is 1. The van der Waals surface area contributed by atoms with Crippen LogP contribution in [0.15, 0.2) is 115 Å². The summed E-state index contributed by atoms with van der Waals surface area (Å²) in [7, 11) is 1.73. The zero-order chi connectivity index (χ0) is 28.0. The minimum Gasteiger partial charge on any atom is -0.488 e. The van der Waals surface area contributed by atoms with Crippen LogP contribution >= 0.6 is 0 Å². The normalized spacial score (nSPS) is 15.7.